The molecule has 1 aliphatic carbocycles. The van der Waals surface area contributed by atoms with E-state index in [9.17, 15) is 14.0 Å². The molecule has 0 aromatic carbocycles. The van der Waals surface area contributed by atoms with Crippen molar-refractivity contribution < 1.29 is 23.4 Å². The molecule has 2 fully saturated rings. The zero-order valence-electron chi connectivity index (χ0n) is 16.2. The summed E-state index contributed by atoms with van der Waals surface area (Å²) < 4.78 is 31.6. The van der Waals surface area contributed by atoms with Crippen LogP contribution in [0.4, 0.5) is 10.2 Å². The number of carbonyl (C=O) groups is 1. The molecule has 0 amide bonds. The molecule has 1 saturated carbocycles. The number of hydrogen-bond acceptors (Lipinski definition) is 7. The summed E-state index contributed by atoms with van der Waals surface area (Å²) in [4.78, 5) is 27.3. The number of hydrogen-bond donors (Lipinski definition) is 1. The number of aromatic nitrogens is 2. The van der Waals surface area contributed by atoms with Crippen molar-refractivity contribution in [3.05, 3.63) is 28.1 Å². The van der Waals surface area contributed by atoms with E-state index in [1.165, 1.54) is 6.20 Å². The Hall–Kier alpha value is -2.26. The standard InChI is InChI=1S/C19H26FN3O5/c1-12(2)17(24)28-11-19(10-27-15-5-3-4-6-26-15)7-13(19)8-23-9-14(20)16(21)22-18(23)25/h8-9,12,15H,3-7,10-11H2,1-2H3,(H2,21,22,25)/b13-8-/t15?,19-/m1/s1. The lowest BCUT2D eigenvalue weighted by Crippen LogP contribution is -2.29. The maximum absolute atomic E-state index is 13.7. The second-order valence-corrected chi connectivity index (χ2v) is 7.64. The third-order valence-corrected chi connectivity index (χ3v) is 4.96. The molecule has 1 unspecified atom stereocenters. The molecule has 0 radical (unpaired) electrons. The topological polar surface area (TPSA) is 106 Å². The third-order valence-electron chi connectivity index (χ3n) is 4.96. The van der Waals surface area contributed by atoms with Crippen LogP contribution in [-0.2, 0) is 19.0 Å². The Bertz CT molecular complexity index is 816. The summed E-state index contributed by atoms with van der Waals surface area (Å²) in [5.74, 6) is -1.77. The third kappa shape index (κ3) is 4.77. The normalized spacial score (nSPS) is 25.9. The summed E-state index contributed by atoms with van der Waals surface area (Å²) in [7, 11) is 0. The van der Waals surface area contributed by atoms with Gasteiger partial charge in [-0.15, -0.1) is 0 Å². The fourth-order valence-corrected chi connectivity index (χ4v) is 3.02. The molecule has 1 saturated heterocycles. The molecule has 0 spiro atoms. The van der Waals surface area contributed by atoms with E-state index in [0.29, 0.717) is 13.0 Å². The molecule has 2 heterocycles. The lowest BCUT2D eigenvalue weighted by molar-refractivity contribution is -0.175. The average Bonchev–Trinajstić information content (AvgIpc) is 3.36. The number of nitrogens with zero attached hydrogens (tertiary/aromatic N) is 2. The first-order valence-electron chi connectivity index (χ1n) is 9.46. The number of anilines is 1. The predicted octanol–water partition coefficient (Wildman–Crippen LogP) is 1.94. The van der Waals surface area contributed by atoms with Crippen molar-refractivity contribution in [1.29, 1.82) is 0 Å². The highest BCUT2D eigenvalue weighted by molar-refractivity contribution is 5.71. The Kier molecular flexibility index (Phi) is 6.14. The fraction of sp³-hybridized carbons (Fsp3) is 0.632. The van der Waals surface area contributed by atoms with Crippen molar-refractivity contribution in [3.63, 3.8) is 0 Å². The van der Waals surface area contributed by atoms with E-state index in [1.807, 2.05) is 0 Å². The van der Waals surface area contributed by atoms with Gasteiger partial charge in [0.15, 0.2) is 17.9 Å². The highest BCUT2D eigenvalue weighted by atomic mass is 19.1. The molecule has 1 aliphatic heterocycles. The summed E-state index contributed by atoms with van der Waals surface area (Å²) in [6, 6.07) is 0. The van der Waals surface area contributed by atoms with Crippen LogP contribution >= 0.6 is 0 Å². The molecule has 8 nitrogen and oxygen atoms in total. The van der Waals surface area contributed by atoms with Crippen LogP contribution in [0.25, 0.3) is 6.20 Å². The fourth-order valence-electron chi connectivity index (χ4n) is 3.02. The molecular formula is C19H26FN3O5. The molecule has 9 heteroatoms. The first-order chi connectivity index (χ1) is 13.3. The number of rotatable bonds is 7. The second kappa shape index (κ2) is 8.40. The lowest BCUT2D eigenvalue weighted by atomic mass is 10.1. The van der Waals surface area contributed by atoms with Crippen LogP contribution in [-0.4, -0.2) is 41.6 Å². The van der Waals surface area contributed by atoms with Gasteiger partial charge in [0.25, 0.3) is 0 Å². The van der Waals surface area contributed by atoms with Gasteiger partial charge in [0.1, 0.15) is 6.61 Å². The number of nitrogen functional groups attached to an aromatic ring is 1. The SMILES string of the molecule is CC(C)C(=O)OC[C@]1(COC2CCCCO2)C/C1=C/n1cc(F)c(N)nc1=O. The quantitative estimate of drug-likeness (QED) is 0.703. The van der Waals surface area contributed by atoms with Crippen molar-refractivity contribution in [2.75, 3.05) is 25.6 Å². The monoisotopic (exact) mass is 395 g/mol. The van der Waals surface area contributed by atoms with Gasteiger partial charge < -0.3 is 19.9 Å². The van der Waals surface area contributed by atoms with Gasteiger partial charge in [-0.3, -0.25) is 9.36 Å². The maximum atomic E-state index is 13.7. The van der Waals surface area contributed by atoms with E-state index in [4.69, 9.17) is 19.9 Å². The smallest absolute Gasteiger partial charge is 0.353 e. The highest BCUT2D eigenvalue weighted by Gasteiger charge is 2.51. The van der Waals surface area contributed by atoms with E-state index in [2.05, 4.69) is 4.98 Å². The van der Waals surface area contributed by atoms with Crippen molar-refractivity contribution in [3.8, 4) is 0 Å². The Morgan fingerprint density at radius 1 is 1.50 bits per heavy atom. The lowest BCUT2D eigenvalue weighted by Gasteiger charge is -2.25. The van der Waals surface area contributed by atoms with Gasteiger partial charge in [-0.1, -0.05) is 13.8 Å². The number of halogens is 1. The minimum atomic E-state index is -0.777. The molecule has 154 valence electrons. The minimum absolute atomic E-state index is 0.127. The molecular weight excluding hydrogens is 369 g/mol. The maximum Gasteiger partial charge on any atom is 0.353 e. The Labute approximate surface area is 162 Å². The van der Waals surface area contributed by atoms with Gasteiger partial charge in [-0.2, -0.15) is 4.98 Å². The number of carbonyl (C=O) groups excluding carboxylic acids is 1. The average molecular weight is 395 g/mol. The van der Waals surface area contributed by atoms with Gasteiger partial charge in [0.2, 0.25) is 0 Å². The molecule has 1 aromatic heterocycles. The van der Waals surface area contributed by atoms with E-state index in [-0.39, 0.29) is 31.4 Å². The first kappa shape index (κ1) is 20.5. The van der Waals surface area contributed by atoms with Crippen LogP contribution in [0.3, 0.4) is 0 Å². The Morgan fingerprint density at radius 3 is 2.96 bits per heavy atom. The van der Waals surface area contributed by atoms with Gasteiger partial charge in [-0.05, 0) is 31.3 Å². The summed E-state index contributed by atoms with van der Waals surface area (Å²) in [5, 5.41) is 0. The zero-order valence-corrected chi connectivity index (χ0v) is 16.2. The Balaban J connectivity index is 1.75. The van der Waals surface area contributed by atoms with E-state index < -0.39 is 22.7 Å². The summed E-state index contributed by atoms with van der Waals surface area (Å²) in [6.07, 6.45) is 5.64. The van der Waals surface area contributed by atoms with Crippen LogP contribution < -0.4 is 11.4 Å². The number of ether oxygens (including phenoxy) is 3. The predicted molar refractivity (Wildman–Crippen MR) is 99.5 cm³/mol. The van der Waals surface area contributed by atoms with Gasteiger partial charge in [-0.25, -0.2) is 9.18 Å². The van der Waals surface area contributed by atoms with Crippen molar-refractivity contribution in [2.24, 2.45) is 11.3 Å². The van der Waals surface area contributed by atoms with E-state index in [0.717, 1.165) is 35.6 Å². The Morgan fingerprint density at radius 2 is 2.29 bits per heavy atom. The van der Waals surface area contributed by atoms with E-state index in [1.54, 1.807) is 13.8 Å². The summed E-state index contributed by atoms with van der Waals surface area (Å²) in [6.45, 7) is 4.59. The number of esters is 1. The van der Waals surface area contributed by atoms with Crippen LogP contribution in [0, 0.1) is 17.2 Å². The van der Waals surface area contributed by atoms with Crippen LogP contribution in [0.15, 0.2) is 16.6 Å². The van der Waals surface area contributed by atoms with Crippen LogP contribution in [0.1, 0.15) is 39.5 Å². The van der Waals surface area contributed by atoms with Gasteiger partial charge >= 0.3 is 11.7 Å². The molecule has 3 rings (SSSR count). The molecule has 0 bridgehead atoms. The van der Waals surface area contributed by atoms with Gasteiger partial charge in [0.05, 0.1) is 24.1 Å². The molecule has 2 aliphatic rings. The second-order valence-electron chi connectivity index (χ2n) is 7.64. The molecule has 28 heavy (non-hydrogen) atoms. The summed E-state index contributed by atoms with van der Waals surface area (Å²) >= 11 is 0. The van der Waals surface area contributed by atoms with Crippen molar-refractivity contribution in [2.45, 2.75) is 45.8 Å². The first-order valence-corrected chi connectivity index (χ1v) is 9.46. The number of nitrogens with two attached hydrogens (primary N) is 1. The van der Waals surface area contributed by atoms with Crippen LogP contribution in [0.5, 0.6) is 0 Å². The van der Waals surface area contributed by atoms with E-state index >= 15 is 0 Å². The molecule has 1 aromatic rings. The molecule has 2 N–H and O–H groups in total. The van der Waals surface area contributed by atoms with Crippen LogP contribution in [0.2, 0.25) is 0 Å². The zero-order chi connectivity index (χ0) is 20.3. The largest absolute Gasteiger partial charge is 0.464 e. The van der Waals surface area contributed by atoms with Crippen molar-refractivity contribution >= 4 is 18.0 Å². The van der Waals surface area contributed by atoms with Gasteiger partial charge in [0, 0.05) is 12.8 Å². The highest BCUT2D eigenvalue weighted by Crippen LogP contribution is 2.53. The van der Waals surface area contributed by atoms with Crippen molar-refractivity contribution in [1.82, 2.24) is 9.55 Å². The molecule has 2 atom stereocenters. The summed E-state index contributed by atoms with van der Waals surface area (Å²) in [5.41, 5.74) is 4.90. The minimum Gasteiger partial charge on any atom is -0.464 e.